The summed E-state index contributed by atoms with van der Waals surface area (Å²) in [5, 5.41) is 15.4. The quantitative estimate of drug-likeness (QED) is 0.367. The number of rotatable bonds is 6. The Balaban J connectivity index is 1.30. The van der Waals surface area contributed by atoms with E-state index in [-0.39, 0.29) is 41.0 Å². The molecule has 2 fully saturated rings. The van der Waals surface area contributed by atoms with Crippen molar-refractivity contribution in [3.63, 3.8) is 0 Å². The number of fused-ring (bicyclic) bond motifs is 1. The molecule has 210 valence electrons. The van der Waals surface area contributed by atoms with Gasteiger partial charge in [-0.25, -0.2) is 18.3 Å². The van der Waals surface area contributed by atoms with Crippen molar-refractivity contribution in [3.05, 3.63) is 77.5 Å². The van der Waals surface area contributed by atoms with Crippen molar-refractivity contribution in [2.45, 2.75) is 63.2 Å². The normalized spacial score (nSPS) is 26.9. The summed E-state index contributed by atoms with van der Waals surface area (Å²) in [5.41, 5.74) is 8.17. The van der Waals surface area contributed by atoms with E-state index >= 15 is 8.78 Å². The molecule has 0 bridgehead atoms. The van der Waals surface area contributed by atoms with Crippen molar-refractivity contribution in [1.29, 1.82) is 0 Å². The molecule has 8 nitrogen and oxygen atoms in total. The standard InChI is InChI=1S/C30H33F2N5O3/c1-17-9-18(10-27(33)30(17,2)38)23-5-7-34-14-19(23)11-28-35-15-20-3-4-26(36-37(20)28)29-24(31)12-22(13-25(29)32)40-21-6-8-39-16-21/h3-5,7,12-15,17-18,21,27,38H,6,8-11,16,33H2,1-2H3/t17-,18+,21?,27+,30+/m0/s1. The molecule has 4 aromatic rings. The Morgan fingerprint density at radius 1 is 1.18 bits per heavy atom. The summed E-state index contributed by atoms with van der Waals surface area (Å²) in [5.74, 6) is -0.565. The summed E-state index contributed by atoms with van der Waals surface area (Å²) in [4.78, 5) is 8.91. The highest BCUT2D eigenvalue weighted by molar-refractivity contribution is 5.64. The summed E-state index contributed by atoms with van der Waals surface area (Å²) >= 11 is 0. The molecule has 0 amide bonds. The summed E-state index contributed by atoms with van der Waals surface area (Å²) in [6, 6.07) is 7.36. The van der Waals surface area contributed by atoms with Gasteiger partial charge in [0.15, 0.2) is 0 Å². The maximum Gasteiger partial charge on any atom is 0.139 e. The van der Waals surface area contributed by atoms with E-state index in [1.165, 1.54) is 12.1 Å². The average molecular weight is 550 g/mol. The zero-order chi connectivity index (χ0) is 28.0. The lowest BCUT2D eigenvalue weighted by Crippen LogP contribution is -2.54. The molecule has 1 saturated carbocycles. The Hall–Kier alpha value is -3.47. The number of aromatic nitrogens is 4. The van der Waals surface area contributed by atoms with E-state index in [2.05, 4.69) is 15.1 Å². The predicted molar refractivity (Wildman–Crippen MR) is 145 cm³/mol. The van der Waals surface area contributed by atoms with Crippen molar-refractivity contribution in [2.24, 2.45) is 11.7 Å². The monoisotopic (exact) mass is 549 g/mol. The lowest BCUT2D eigenvalue weighted by Gasteiger charge is -2.44. The second-order valence-corrected chi connectivity index (χ2v) is 11.2. The number of nitrogens with zero attached hydrogens (tertiary/aromatic N) is 4. The average Bonchev–Trinajstić information content (AvgIpc) is 3.57. The molecule has 1 aliphatic heterocycles. The number of imidazole rings is 1. The van der Waals surface area contributed by atoms with Crippen LogP contribution in [0.25, 0.3) is 16.8 Å². The minimum absolute atomic E-state index is 0.0341. The number of halogens is 2. The number of benzene rings is 1. The van der Waals surface area contributed by atoms with E-state index in [1.54, 1.807) is 29.0 Å². The van der Waals surface area contributed by atoms with Gasteiger partial charge in [0, 0.05) is 43.4 Å². The van der Waals surface area contributed by atoms with Crippen LogP contribution in [0.1, 0.15) is 56.0 Å². The minimum Gasteiger partial charge on any atom is -0.488 e. The zero-order valence-corrected chi connectivity index (χ0v) is 22.6. The first kappa shape index (κ1) is 26.7. The number of hydrogen-bond donors (Lipinski definition) is 2. The van der Waals surface area contributed by atoms with Crippen molar-refractivity contribution in [1.82, 2.24) is 19.6 Å². The Labute approximate surface area is 231 Å². The van der Waals surface area contributed by atoms with Gasteiger partial charge >= 0.3 is 0 Å². The fourth-order valence-corrected chi connectivity index (χ4v) is 5.93. The summed E-state index contributed by atoms with van der Waals surface area (Å²) in [6.07, 6.45) is 7.61. The summed E-state index contributed by atoms with van der Waals surface area (Å²) in [6.45, 7) is 4.81. The largest absolute Gasteiger partial charge is 0.488 e. The van der Waals surface area contributed by atoms with Gasteiger partial charge < -0.3 is 20.3 Å². The van der Waals surface area contributed by atoms with Crippen LogP contribution in [0.4, 0.5) is 8.78 Å². The van der Waals surface area contributed by atoms with E-state index in [1.807, 2.05) is 26.1 Å². The third kappa shape index (κ3) is 4.95. The van der Waals surface area contributed by atoms with Gasteiger partial charge in [0.05, 0.1) is 41.8 Å². The van der Waals surface area contributed by atoms with Crippen LogP contribution in [-0.2, 0) is 11.2 Å². The fraction of sp³-hybridized carbons (Fsp3) is 0.433. The Bertz CT molecular complexity index is 1500. The molecule has 0 spiro atoms. The number of pyridine rings is 1. The molecule has 4 heterocycles. The highest BCUT2D eigenvalue weighted by atomic mass is 19.1. The second-order valence-electron chi connectivity index (χ2n) is 11.2. The maximum atomic E-state index is 15.2. The van der Waals surface area contributed by atoms with Gasteiger partial charge in [-0.2, -0.15) is 5.10 Å². The molecule has 1 saturated heterocycles. The van der Waals surface area contributed by atoms with Crippen LogP contribution < -0.4 is 10.5 Å². The van der Waals surface area contributed by atoms with Crippen molar-refractivity contribution in [2.75, 3.05) is 13.2 Å². The highest BCUT2D eigenvalue weighted by Gasteiger charge is 2.42. The molecule has 6 rings (SSSR count). The van der Waals surface area contributed by atoms with Crippen LogP contribution >= 0.6 is 0 Å². The van der Waals surface area contributed by atoms with Crippen LogP contribution in [0.5, 0.6) is 5.75 Å². The number of nitrogens with two attached hydrogens (primary N) is 1. The van der Waals surface area contributed by atoms with E-state index in [0.29, 0.717) is 43.8 Å². The first-order valence-electron chi connectivity index (χ1n) is 13.7. The molecular formula is C30H33F2N5O3. The van der Waals surface area contributed by atoms with Crippen molar-refractivity contribution >= 4 is 5.52 Å². The molecule has 10 heteroatoms. The lowest BCUT2D eigenvalue weighted by molar-refractivity contribution is -0.0464. The number of aliphatic hydroxyl groups is 1. The smallest absolute Gasteiger partial charge is 0.139 e. The maximum absolute atomic E-state index is 15.2. The molecule has 3 aromatic heterocycles. The van der Waals surface area contributed by atoms with Gasteiger partial charge in [0.25, 0.3) is 0 Å². The number of ether oxygens (including phenoxy) is 2. The minimum atomic E-state index is -0.914. The van der Waals surface area contributed by atoms with E-state index in [4.69, 9.17) is 15.2 Å². The van der Waals surface area contributed by atoms with Crippen molar-refractivity contribution in [3.8, 4) is 17.0 Å². The molecule has 1 aliphatic carbocycles. The molecule has 3 N–H and O–H groups in total. The Morgan fingerprint density at radius 3 is 2.70 bits per heavy atom. The molecule has 2 aliphatic rings. The van der Waals surface area contributed by atoms with E-state index < -0.39 is 17.2 Å². The van der Waals surface area contributed by atoms with Gasteiger partial charge in [0.2, 0.25) is 0 Å². The van der Waals surface area contributed by atoms with Gasteiger partial charge in [-0.05, 0) is 60.9 Å². The lowest BCUT2D eigenvalue weighted by atomic mass is 9.67. The second kappa shape index (κ2) is 10.5. The van der Waals surface area contributed by atoms with Gasteiger partial charge in [-0.1, -0.05) is 6.92 Å². The molecule has 40 heavy (non-hydrogen) atoms. The first-order chi connectivity index (χ1) is 19.2. The highest BCUT2D eigenvalue weighted by Crippen LogP contribution is 2.42. The topological polar surface area (TPSA) is 108 Å². The molecule has 1 aromatic carbocycles. The van der Waals surface area contributed by atoms with Crippen LogP contribution in [0.15, 0.2) is 48.9 Å². The zero-order valence-electron chi connectivity index (χ0n) is 22.6. The summed E-state index contributed by atoms with van der Waals surface area (Å²) in [7, 11) is 0. The summed E-state index contributed by atoms with van der Waals surface area (Å²) < 4.78 is 42.9. The SMILES string of the molecule is C[C@H]1C[C@@H](c2ccncc2Cc2ncc3ccc(-c4c(F)cc(OC5CCOC5)cc4F)nn23)C[C@@H](N)[C@]1(C)O. The van der Waals surface area contributed by atoms with Crippen molar-refractivity contribution < 1.29 is 23.4 Å². The van der Waals surface area contributed by atoms with Crippen LogP contribution in [0, 0.1) is 17.6 Å². The van der Waals surface area contributed by atoms with Crippen LogP contribution in [-0.4, -0.2) is 55.6 Å². The first-order valence-corrected chi connectivity index (χ1v) is 13.7. The van der Waals surface area contributed by atoms with Gasteiger partial charge in [-0.15, -0.1) is 0 Å². The molecule has 0 radical (unpaired) electrons. The molecule has 1 unspecified atom stereocenters. The van der Waals surface area contributed by atoms with Crippen LogP contribution in [0.2, 0.25) is 0 Å². The Kier molecular flexibility index (Phi) is 7.02. The van der Waals surface area contributed by atoms with E-state index in [0.717, 1.165) is 17.5 Å². The van der Waals surface area contributed by atoms with Gasteiger partial charge in [0.1, 0.15) is 29.3 Å². The van der Waals surface area contributed by atoms with Crippen LogP contribution in [0.3, 0.4) is 0 Å². The molecular weight excluding hydrogens is 516 g/mol. The Morgan fingerprint density at radius 2 is 1.98 bits per heavy atom. The predicted octanol–water partition coefficient (Wildman–Crippen LogP) is 4.42. The van der Waals surface area contributed by atoms with E-state index in [9.17, 15) is 5.11 Å². The number of hydrogen-bond acceptors (Lipinski definition) is 7. The van der Waals surface area contributed by atoms with Gasteiger partial charge in [-0.3, -0.25) is 4.98 Å². The molecule has 5 atom stereocenters. The third-order valence-corrected chi connectivity index (χ3v) is 8.57. The fourth-order valence-electron chi connectivity index (χ4n) is 5.93. The third-order valence-electron chi connectivity index (χ3n) is 8.57.